The molecule has 0 heterocycles. The van der Waals surface area contributed by atoms with Crippen LogP contribution in [0.3, 0.4) is 0 Å². The number of hydrogen-bond acceptors (Lipinski definition) is 0. The fourth-order valence-electron chi connectivity index (χ4n) is 6.57. The lowest BCUT2D eigenvalue weighted by molar-refractivity contribution is 1.02. The summed E-state index contributed by atoms with van der Waals surface area (Å²) < 4.78 is 0. The predicted molar refractivity (Wildman–Crippen MR) is 158 cm³/mol. The molecule has 0 aromatic heterocycles. The minimum atomic E-state index is 0.241. The smallest absolute Gasteiger partial charge is 0.0352 e. The molecule has 0 spiro atoms. The average Bonchev–Trinajstić information content (AvgIpc) is 3.53. The highest BCUT2D eigenvalue weighted by atomic mass is 14.3. The summed E-state index contributed by atoms with van der Waals surface area (Å²) in [5.74, 6) is 0.241. The zero-order valence-electron chi connectivity index (χ0n) is 21.1. The summed E-state index contributed by atoms with van der Waals surface area (Å²) in [7, 11) is 0. The van der Waals surface area contributed by atoms with Gasteiger partial charge in [-0.25, -0.2) is 0 Å². The normalized spacial score (nSPS) is 14.5. The topological polar surface area (TPSA) is 0 Å². The lowest BCUT2D eigenvalue weighted by Crippen LogP contribution is -1.99. The van der Waals surface area contributed by atoms with Crippen LogP contribution in [0.5, 0.6) is 0 Å². The second kappa shape index (κ2) is 8.43. The van der Waals surface area contributed by atoms with Crippen LogP contribution in [0.2, 0.25) is 0 Å². The van der Waals surface area contributed by atoms with E-state index in [0.717, 1.165) is 6.42 Å². The standard InChI is InChI=1S/C38H26/c1-2-9-25(10-3-1)26-12-8-13-31(21-26)38-34-16-7-6-15-33(34)37-24-28(19-20-35(37)38)27-17-18-30-22-29-11-4-5-14-32(29)36(30)23-27/h1-21,23-24,38H,22H2. The maximum Gasteiger partial charge on any atom is 0.0352 e. The molecular weight excluding hydrogens is 456 g/mol. The van der Waals surface area contributed by atoms with Gasteiger partial charge >= 0.3 is 0 Å². The Morgan fingerprint density at radius 2 is 1.00 bits per heavy atom. The first kappa shape index (κ1) is 21.4. The van der Waals surface area contributed by atoms with Crippen LogP contribution in [-0.4, -0.2) is 0 Å². The zero-order chi connectivity index (χ0) is 25.1. The van der Waals surface area contributed by atoms with E-state index in [1.165, 1.54) is 72.3 Å². The second-order valence-corrected chi connectivity index (χ2v) is 10.5. The predicted octanol–water partition coefficient (Wildman–Crippen LogP) is 9.75. The molecule has 0 radical (unpaired) electrons. The highest BCUT2D eigenvalue weighted by Gasteiger charge is 2.30. The maximum atomic E-state index is 2.41. The van der Waals surface area contributed by atoms with Gasteiger partial charge in [-0.1, -0.05) is 127 Å². The third-order valence-corrected chi connectivity index (χ3v) is 8.38. The molecule has 38 heavy (non-hydrogen) atoms. The molecule has 178 valence electrons. The molecule has 0 amide bonds. The van der Waals surface area contributed by atoms with Crippen molar-refractivity contribution in [2.24, 2.45) is 0 Å². The lowest BCUT2D eigenvalue weighted by atomic mass is 9.87. The Morgan fingerprint density at radius 3 is 1.89 bits per heavy atom. The third-order valence-electron chi connectivity index (χ3n) is 8.38. The van der Waals surface area contributed by atoms with Crippen molar-refractivity contribution in [1.29, 1.82) is 0 Å². The molecule has 6 aromatic rings. The SMILES string of the molecule is c1ccc(-c2cccc(C3c4ccccc4-c4cc(-c5ccc6c(c5)-c5ccccc5C6)ccc43)c2)cc1. The van der Waals surface area contributed by atoms with Crippen molar-refractivity contribution in [3.8, 4) is 44.5 Å². The van der Waals surface area contributed by atoms with Gasteiger partial charge < -0.3 is 0 Å². The van der Waals surface area contributed by atoms with Crippen LogP contribution in [0.15, 0.2) is 140 Å². The van der Waals surface area contributed by atoms with Crippen molar-refractivity contribution in [1.82, 2.24) is 0 Å². The molecule has 0 fully saturated rings. The van der Waals surface area contributed by atoms with E-state index in [1.807, 2.05) is 0 Å². The molecule has 6 aromatic carbocycles. The Morgan fingerprint density at radius 1 is 0.368 bits per heavy atom. The molecule has 0 aliphatic heterocycles. The molecule has 0 bridgehead atoms. The number of hydrogen-bond donors (Lipinski definition) is 0. The quantitative estimate of drug-likeness (QED) is 0.235. The Kier molecular flexibility index (Phi) is 4.75. The largest absolute Gasteiger partial charge is 0.0622 e. The summed E-state index contributed by atoms with van der Waals surface area (Å²) >= 11 is 0. The molecule has 0 saturated carbocycles. The van der Waals surface area contributed by atoms with Crippen LogP contribution < -0.4 is 0 Å². The molecule has 0 saturated heterocycles. The molecule has 0 nitrogen and oxygen atoms in total. The Balaban J connectivity index is 1.24. The molecule has 1 atom stereocenters. The highest BCUT2D eigenvalue weighted by molar-refractivity contribution is 5.87. The van der Waals surface area contributed by atoms with Crippen LogP contribution >= 0.6 is 0 Å². The van der Waals surface area contributed by atoms with Crippen molar-refractivity contribution in [3.05, 3.63) is 167 Å². The molecule has 0 heteroatoms. The van der Waals surface area contributed by atoms with Gasteiger partial charge in [-0.15, -0.1) is 0 Å². The summed E-state index contributed by atoms with van der Waals surface area (Å²) in [6.45, 7) is 0. The molecule has 0 N–H and O–H groups in total. The molecule has 2 aliphatic carbocycles. The molecular formula is C38H26. The van der Waals surface area contributed by atoms with Crippen molar-refractivity contribution < 1.29 is 0 Å². The lowest BCUT2D eigenvalue weighted by Gasteiger charge is -2.16. The first-order chi connectivity index (χ1) is 18.8. The second-order valence-electron chi connectivity index (χ2n) is 10.5. The molecule has 1 unspecified atom stereocenters. The van der Waals surface area contributed by atoms with Crippen molar-refractivity contribution >= 4 is 0 Å². The van der Waals surface area contributed by atoms with E-state index in [0.29, 0.717) is 0 Å². The van der Waals surface area contributed by atoms with Crippen molar-refractivity contribution in [2.75, 3.05) is 0 Å². The maximum absolute atomic E-state index is 2.41. The van der Waals surface area contributed by atoms with E-state index in [2.05, 4.69) is 140 Å². The van der Waals surface area contributed by atoms with Gasteiger partial charge in [-0.05, 0) is 90.9 Å². The van der Waals surface area contributed by atoms with Crippen molar-refractivity contribution in [2.45, 2.75) is 12.3 Å². The van der Waals surface area contributed by atoms with E-state index < -0.39 is 0 Å². The minimum Gasteiger partial charge on any atom is -0.0622 e. The van der Waals surface area contributed by atoms with Gasteiger partial charge in [0.1, 0.15) is 0 Å². The summed E-state index contributed by atoms with van der Waals surface area (Å²) in [5.41, 5.74) is 17.6. The summed E-state index contributed by atoms with van der Waals surface area (Å²) in [6, 6.07) is 51.7. The van der Waals surface area contributed by atoms with E-state index in [9.17, 15) is 0 Å². The summed E-state index contributed by atoms with van der Waals surface area (Å²) in [4.78, 5) is 0. The van der Waals surface area contributed by atoms with Crippen LogP contribution in [0.1, 0.15) is 33.7 Å². The fraction of sp³-hybridized carbons (Fsp3) is 0.0526. The number of rotatable bonds is 3. The van der Waals surface area contributed by atoms with Gasteiger partial charge in [-0.3, -0.25) is 0 Å². The van der Waals surface area contributed by atoms with Gasteiger partial charge in [0.05, 0.1) is 0 Å². The van der Waals surface area contributed by atoms with Gasteiger partial charge in [0.2, 0.25) is 0 Å². The van der Waals surface area contributed by atoms with Gasteiger partial charge in [0.25, 0.3) is 0 Å². The third kappa shape index (κ3) is 3.31. The van der Waals surface area contributed by atoms with Crippen LogP contribution in [-0.2, 0) is 6.42 Å². The van der Waals surface area contributed by atoms with Gasteiger partial charge in [0.15, 0.2) is 0 Å². The molecule has 8 rings (SSSR count). The number of benzene rings is 6. The van der Waals surface area contributed by atoms with E-state index in [1.54, 1.807) is 0 Å². The highest BCUT2D eigenvalue weighted by Crippen LogP contribution is 2.49. The fourth-order valence-corrected chi connectivity index (χ4v) is 6.57. The van der Waals surface area contributed by atoms with Crippen LogP contribution in [0, 0.1) is 0 Å². The Bertz CT molecular complexity index is 1840. The first-order valence-corrected chi connectivity index (χ1v) is 13.4. The van der Waals surface area contributed by atoms with E-state index >= 15 is 0 Å². The number of fused-ring (bicyclic) bond motifs is 6. The van der Waals surface area contributed by atoms with Crippen molar-refractivity contribution in [3.63, 3.8) is 0 Å². The van der Waals surface area contributed by atoms with Gasteiger partial charge in [0, 0.05) is 5.92 Å². The summed E-state index contributed by atoms with van der Waals surface area (Å²) in [5, 5.41) is 0. The minimum absolute atomic E-state index is 0.241. The first-order valence-electron chi connectivity index (χ1n) is 13.4. The van der Waals surface area contributed by atoms with Crippen LogP contribution in [0.4, 0.5) is 0 Å². The monoisotopic (exact) mass is 482 g/mol. The van der Waals surface area contributed by atoms with Crippen LogP contribution in [0.25, 0.3) is 44.5 Å². The zero-order valence-corrected chi connectivity index (χ0v) is 21.1. The molecule has 2 aliphatic rings. The average molecular weight is 483 g/mol. The Labute approximate surface area is 223 Å². The summed E-state index contributed by atoms with van der Waals surface area (Å²) in [6.07, 6.45) is 1.03. The van der Waals surface area contributed by atoms with Gasteiger partial charge in [-0.2, -0.15) is 0 Å². The van der Waals surface area contributed by atoms with E-state index in [4.69, 9.17) is 0 Å². The van der Waals surface area contributed by atoms with E-state index in [-0.39, 0.29) is 5.92 Å². The Hall–Kier alpha value is -4.68.